The zero-order valence-corrected chi connectivity index (χ0v) is 12.2. The molecular formula is C15H22N2O3. The highest BCUT2D eigenvalue weighted by Gasteiger charge is 2.22. The van der Waals surface area contributed by atoms with Crippen LogP contribution in [-0.4, -0.2) is 23.7 Å². The quantitative estimate of drug-likeness (QED) is 0.699. The van der Waals surface area contributed by atoms with Gasteiger partial charge in [0.2, 0.25) is 0 Å². The number of carboxylic acids is 1. The van der Waals surface area contributed by atoms with Crippen LogP contribution < -0.4 is 10.6 Å². The summed E-state index contributed by atoms with van der Waals surface area (Å²) in [6, 6.07) is 7.68. The number of nitrogens with one attached hydrogen (secondary N) is 2. The number of benzene rings is 1. The first-order valence-corrected chi connectivity index (χ1v) is 6.66. The van der Waals surface area contributed by atoms with Crippen molar-refractivity contribution in [1.29, 1.82) is 0 Å². The van der Waals surface area contributed by atoms with Crippen LogP contribution in [0.3, 0.4) is 0 Å². The molecule has 0 saturated carbocycles. The van der Waals surface area contributed by atoms with Crippen LogP contribution in [0.1, 0.15) is 37.8 Å². The Kier molecular flexibility index (Phi) is 5.55. The third-order valence-electron chi connectivity index (χ3n) is 3.02. The van der Waals surface area contributed by atoms with Crippen LogP contribution in [0.2, 0.25) is 0 Å². The van der Waals surface area contributed by atoms with Crippen molar-refractivity contribution in [1.82, 2.24) is 10.6 Å². The number of carbonyl (C=O) groups is 2. The summed E-state index contributed by atoms with van der Waals surface area (Å²) < 4.78 is 0. The zero-order chi connectivity index (χ0) is 15.2. The van der Waals surface area contributed by atoms with Gasteiger partial charge in [0.1, 0.15) is 0 Å². The minimum atomic E-state index is -0.854. The van der Waals surface area contributed by atoms with E-state index in [2.05, 4.69) is 10.6 Å². The third kappa shape index (κ3) is 5.30. The lowest BCUT2D eigenvalue weighted by molar-refractivity contribution is -0.137. The van der Waals surface area contributed by atoms with Crippen LogP contribution in [-0.2, 0) is 10.3 Å². The average molecular weight is 278 g/mol. The van der Waals surface area contributed by atoms with E-state index < -0.39 is 11.5 Å². The van der Waals surface area contributed by atoms with Crippen LogP contribution >= 0.6 is 0 Å². The van der Waals surface area contributed by atoms with E-state index in [1.807, 2.05) is 45.0 Å². The number of amides is 2. The number of hydrogen-bond donors (Lipinski definition) is 3. The van der Waals surface area contributed by atoms with Gasteiger partial charge in [0.25, 0.3) is 0 Å². The van der Waals surface area contributed by atoms with Gasteiger partial charge in [-0.1, -0.05) is 29.8 Å². The molecule has 5 nitrogen and oxygen atoms in total. The van der Waals surface area contributed by atoms with E-state index in [1.165, 1.54) is 0 Å². The predicted octanol–water partition coefficient (Wildman–Crippen LogP) is 2.39. The van der Waals surface area contributed by atoms with Crippen molar-refractivity contribution >= 4 is 12.0 Å². The normalized spacial score (nSPS) is 10.9. The Labute approximate surface area is 119 Å². The molecule has 0 bridgehead atoms. The number of carbonyl (C=O) groups excluding carboxylic acids is 1. The summed E-state index contributed by atoms with van der Waals surface area (Å²) in [6.45, 7) is 6.21. The summed E-state index contributed by atoms with van der Waals surface area (Å²) in [6.07, 6.45) is 0.481. The maximum absolute atomic E-state index is 11.8. The highest BCUT2D eigenvalue weighted by molar-refractivity contribution is 5.75. The largest absolute Gasteiger partial charge is 0.481 e. The molecule has 0 radical (unpaired) electrons. The summed E-state index contributed by atoms with van der Waals surface area (Å²) in [5.41, 5.74) is 1.68. The van der Waals surface area contributed by atoms with Crippen molar-refractivity contribution in [3.63, 3.8) is 0 Å². The van der Waals surface area contributed by atoms with Gasteiger partial charge in [0.15, 0.2) is 0 Å². The van der Waals surface area contributed by atoms with Gasteiger partial charge in [-0.15, -0.1) is 0 Å². The van der Waals surface area contributed by atoms with Crippen LogP contribution in [0.4, 0.5) is 4.79 Å². The fraction of sp³-hybridized carbons (Fsp3) is 0.467. The van der Waals surface area contributed by atoms with Gasteiger partial charge in [-0.05, 0) is 32.8 Å². The Morgan fingerprint density at radius 1 is 1.30 bits per heavy atom. The molecule has 0 saturated heterocycles. The van der Waals surface area contributed by atoms with Crippen molar-refractivity contribution < 1.29 is 14.7 Å². The summed E-state index contributed by atoms with van der Waals surface area (Å²) in [5.74, 6) is -0.854. The van der Waals surface area contributed by atoms with Gasteiger partial charge in [-0.2, -0.15) is 0 Å². The monoisotopic (exact) mass is 278 g/mol. The first-order valence-electron chi connectivity index (χ1n) is 6.66. The molecule has 20 heavy (non-hydrogen) atoms. The average Bonchev–Trinajstić information content (AvgIpc) is 2.34. The fourth-order valence-corrected chi connectivity index (χ4v) is 1.88. The highest BCUT2D eigenvalue weighted by atomic mass is 16.4. The molecule has 0 aliphatic carbocycles. The zero-order valence-electron chi connectivity index (χ0n) is 12.2. The standard InChI is InChI=1S/C15H22N2O3/c1-11-6-4-7-12(10-11)15(2,3)17-14(20)16-9-5-8-13(18)19/h4,6-7,10H,5,8-9H2,1-3H3,(H,18,19)(H2,16,17,20). The van der Waals surface area contributed by atoms with Crippen LogP contribution in [0, 0.1) is 6.92 Å². The SMILES string of the molecule is Cc1cccc(C(C)(C)NC(=O)NCCCC(=O)O)c1. The number of carboxylic acid groups (broad SMARTS) is 1. The Hall–Kier alpha value is -2.04. The van der Waals surface area contributed by atoms with Gasteiger partial charge in [0, 0.05) is 13.0 Å². The van der Waals surface area contributed by atoms with E-state index in [0.29, 0.717) is 13.0 Å². The first-order chi connectivity index (χ1) is 9.31. The molecule has 3 N–H and O–H groups in total. The maximum Gasteiger partial charge on any atom is 0.315 e. The second kappa shape index (κ2) is 6.93. The molecule has 0 aromatic heterocycles. The van der Waals surface area contributed by atoms with Crippen LogP contribution in [0.25, 0.3) is 0 Å². The minimum Gasteiger partial charge on any atom is -0.481 e. The topological polar surface area (TPSA) is 78.4 Å². The number of urea groups is 1. The first kappa shape index (κ1) is 16.0. The fourth-order valence-electron chi connectivity index (χ4n) is 1.88. The van der Waals surface area contributed by atoms with E-state index in [9.17, 15) is 9.59 Å². The van der Waals surface area contributed by atoms with Crippen molar-refractivity contribution in [2.75, 3.05) is 6.54 Å². The Balaban J connectivity index is 2.49. The third-order valence-corrected chi connectivity index (χ3v) is 3.02. The van der Waals surface area contributed by atoms with Gasteiger partial charge in [0.05, 0.1) is 5.54 Å². The summed E-state index contributed by atoms with van der Waals surface area (Å²) >= 11 is 0. The second-order valence-corrected chi connectivity index (χ2v) is 5.37. The van der Waals surface area contributed by atoms with E-state index in [0.717, 1.165) is 11.1 Å². The molecule has 0 unspecified atom stereocenters. The summed E-state index contributed by atoms with van der Waals surface area (Å²) in [4.78, 5) is 22.2. The lowest BCUT2D eigenvalue weighted by atomic mass is 9.93. The van der Waals surface area contributed by atoms with Gasteiger partial charge < -0.3 is 15.7 Å². The smallest absolute Gasteiger partial charge is 0.315 e. The van der Waals surface area contributed by atoms with Gasteiger partial charge in [-0.3, -0.25) is 4.79 Å². The number of aryl methyl sites for hydroxylation is 1. The predicted molar refractivity (Wildman–Crippen MR) is 77.6 cm³/mol. The summed E-state index contributed by atoms with van der Waals surface area (Å²) in [5, 5.41) is 14.1. The molecule has 110 valence electrons. The van der Waals surface area contributed by atoms with Gasteiger partial charge in [-0.25, -0.2) is 4.79 Å². The molecule has 1 rings (SSSR count). The van der Waals surface area contributed by atoms with Crippen LogP contribution in [0.15, 0.2) is 24.3 Å². The Morgan fingerprint density at radius 2 is 2.00 bits per heavy atom. The molecule has 0 aliphatic rings. The number of rotatable bonds is 6. The molecule has 0 spiro atoms. The van der Waals surface area contributed by atoms with Crippen molar-refractivity contribution in [3.05, 3.63) is 35.4 Å². The van der Waals surface area contributed by atoms with Gasteiger partial charge >= 0.3 is 12.0 Å². The molecular weight excluding hydrogens is 256 g/mol. The molecule has 1 aromatic rings. The minimum absolute atomic E-state index is 0.0571. The van der Waals surface area contributed by atoms with E-state index in [4.69, 9.17) is 5.11 Å². The molecule has 0 fully saturated rings. The number of aliphatic carboxylic acids is 1. The van der Waals surface area contributed by atoms with Crippen molar-refractivity contribution in [2.24, 2.45) is 0 Å². The van der Waals surface area contributed by atoms with Crippen molar-refractivity contribution in [2.45, 2.75) is 39.2 Å². The maximum atomic E-state index is 11.8. The Bertz CT molecular complexity index is 484. The summed E-state index contributed by atoms with van der Waals surface area (Å²) in [7, 11) is 0. The molecule has 0 atom stereocenters. The Morgan fingerprint density at radius 3 is 2.60 bits per heavy atom. The second-order valence-electron chi connectivity index (χ2n) is 5.37. The molecule has 0 aliphatic heterocycles. The van der Waals surface area contributed by atoms with E-state index >= 15 is 0 Å². The molecule has 2 amide bonds. The lowest BCUT2D eigenvalue weighted by Gasteiger charge is -2.27. The molecule has 0 heterocycles. The van der Waals surface area contributed by atoms with Crippen LogP contribution in [0.5, 0.6) is 0 Å². The lowest BCUT2D eigenvalue weighted by Crippen LogP contribution is -2.46. The highest BCUT2D eigenvalue weighted by Crippen LogP contribution is 2.20. The van der Waals surface area contributed by atoms with E-state index in [1.54, 1.807) is 0 Å². The van der Waals surface area contributed by atoms with E-state index in [-0.39, 0.29) is 12.5 Å². The van der Waals surface area contributed by atoms with Crippen molar-refractivity contribution in [3.8, 4) is 0 Å². The molecule has 1 aromatic carbocycles. The number of hydrogen-bond acceptors (Lipinski definition) is 2. The molecule has 5 heteroatoms.